The molecule has 0 amide bonds. The van der Waals surface area contributed by atoms with E-state index in [2.05, 4.69) is 0 Å². The predicted molar refractivity (Wildman–Crippen MR) is 264 cm³/mol. The smallest absolute Gasteiger partial charge is 0.772 e. The summed E-state index contributed by atoms with van der Waals surface area (Å²) in [5.74, 6) is 0.554. The number of benzene rings is 4. The molecular formula is C41H40K3N11O12S6Zn. The minimum Gasteiger partial charge on any atom is -0.772 e. The van der Waals surface area contributed by atoms with Gasteiger partial charge in [-0.25, -0.2) is 49.4 Å². The number of nitrogens with one attached hydrogen (secondary N) is 3. The minimum absolute atomic E-state index is 0. The van der Waals surface area contributed by atoms with Gasteiger partial charge in [0.1, 0.15) is 0 Å². The molecule has 0 saturated carbocycles. The molecule has 74 heavy (non-hydrogen) atoms. The Morgan fingerprint density at radius 3 is 0.946 bits per heavy atom. The van der Waals surface area contributed by atoms with Gasteiger partial charge < -0.3 is 43.6 Å². The van der Waals surface area contributed by atoms with E-state index < -0.39 is 63.3 Å². The summed E-state index contributed by atoms with van der Waals surface area (Å²) in [6, 6.07) is 31.8. The number of nitrogens with zero attached hydrogens (tertiary/aromatic N) is 8. The topological polar surface area (TPSA) is 364 Å². The fourth-order valence-electron chi connectivity index (χ4n) is 6.33. The normalized spacial score (nSPS) is 12.6. The first kappa shape index (κ1) is 69.9. The molecule has 0 radical (unpaired) electrons. The molecule has 372 valence electrons. The molecule has 5 heterocycles. The molecule has 9 rings (SSSR count). The van der Waals surface area contributed by atoms with Crippen molar-refractivity contribution < 1.29 is 225 Å². The minimum atomic E-state index is -3.36. The van der Waals surface area contributed by atoms with E-state index in [4.69, 9.17) is 39.9 Å². The number of hydrogen-bond acceptors (Lipinski definition) is 18. The molecule has 2 aliphatic heterocycles. The molecule has 33 heteroatoms. The summed E-state index contributed by atoms with van der Waals surface area (Å²) >= 11 is -6.74. The first-order valence-electron chi connectivity index (χ1n) is 20.2. The summed E-state index contributed by atoms with van der Waals surface area (Å²) in [5.41, 5.74) is 5.78. The van der Waals surface area contributed by atoms with Gasteiger partial charge in [-0.05, 0) is 35.6 Å². The van der Waals surface area contributed by atoms with Crippen LogP contribution in [0.25, 0.3) is 89.7 Å². The molecule has 0 saturated heterocycles. The molecular weight excluding hydrogens is 1210 g/mol. The molecule has 3 unspecified atom stereocenters. The maximum absolute atomic E-state index is 10.5. The Morgan fingerprint density at radius 2 is 0.716 bits per heavy atom. The van der Waals surface area contributed by atoms with E-state index in [-0.39, 0.29) is 209 Å². The van der Waals surface area contributed by atoms with Crippen molar-refractivity contribution in [3.8, 4) is 45.6 Å². The largest absolute Gasteiger partial charge is 2.00 e. The first-order chi connectivity index (χ1) is 33.2. The van der Waals surface area contributed by atoms with Crippen molar-refractivity contribution in [3.05, 3.63) is 97.1 Å². The van der Waals surface area contributed by atoms with Crippen molar-refractivity contribution in [2.45, 2.75) is 0 Å². The molecule has 3 aromatic heterocycles. The van der Waals surface area contributed by atoms with Crippen molar-refractivity contribution in [3.63, 3.8) is 0 Å². The van der Waals surface area contributed by atoms with Crippen molar-refractivity contribution >= 4 is 107 Å². The van der Waals surface area contributed by atoms with E-state index in [0.29, 0.717) is 45.9 Å². The number of hydrogen-bond donors (Lipinski definition) is 3. The fraction of sp³-hybridized carbons (Fsp3) is 0.220. The van der Waals surface area contributed by atoms with E-state index in [0.717, 1.165) is 50.1 Å². The zero-order valence-electron chi connectivity index (χ0n) is 40.6. The van der Waals surface area contributed by atoms with Crippen LogP contribution in [0.5, 0.6) is 0 Å². The Bertz CT molecular complexity index is 3310. The molecule has 3 atom stereocenters. The maximum Gasteiger partial charge on any atom is 2.00 e. The van der Waals surface area contributed by atoms with E-state index in [1.807, 2.05) is 111 Å². The summed E-state index contributed by atoms with van der Waals surface area (Å²) < 4.78 is 128. The van der Waals surface area contributed by atoms with Gasteiger partial charge in [0.2, 0.25) is 30.1 Å². The third-order valence-electron chi connectivity index (χ3n) is 9.62. The van der Waals surface area contributed by atoms with Crippen LogP contribution in [0.1, 0.15) is 0 Å². The molecule has 0 aliphatic carbocycles. The fourth-order valence-corrected chi connectivity index (χ4v) is 10.5. The van der Waals surface area contributed by atoms with Crippen LogP contribution in [-0.2, 0) is 82.8 Å². The molecule has 2 aliphatic rings. The molecule has 4 aromatic carbocycles. The number of rotatable bonds is 12. The van der Waals surface area contributed by atoms with Gasteiger partial charge in [0.25, 0.3) is 0 Å². The van der Waals surface area contributed by atoms with Gasteiger partial charge >= 0.3 is 174 Å². The SMILES string of the molecule is CNS(=O)(=O)CCS(=O)[O-].CNS(=O)(=O)CCS(=O)[O-].CS(=O)(=O)NCCS(=O)[O-].[K+].[K+].[K+].[Zn+2].c1ccc2c(c1)-c1nc-2nc2[n-]c(nc3nc(nc4[n-]c(n1)c1ccccc41)-c1ccccc1-3)c1ccccc21. The van der Waals surface area contributed by atoms with E-state index in [9.17, 15) is 51.5 Å². The standard InChI is InChI=1S/C32H16N8.3C3H9NO4S2.3K.Zn/c1-2-10-18-17(9-1)25-33-26(18)38-28-21-13-5-6-14-22(21)30(35-28)40-32-24-16-8-7-15-23(24)31(36-32)39-29-20-12-4-3-11-19(20)27(34-29)37-25;1-10(7,8)4-2-3-9(5)6;2*1-4-10(7,8)3-2-9(5)6;;;;/h1-16H;3*4H,2-3H2,1H3,(H,5,6);;;;/q-2;;;;3*+1;+2/p-3. The average Bonchev–Trinajstić information content (AvgIpc) is 4.06. The second-order valence-corrected chi connectivity index (χ2v) is 23.4. The zero-order chi connectivity index (χ0) is 50.8. The summed E-state index contributed by atoms with van der Waals surface area (Å²) in [4.78, 5) is 39.3. The van der Waals surface area contributed by atoms with Crippen molar-refractivity contribution in [2.24, 2.45) is 0 Å². The second-order valence-electron chi connectivity index (χ2n) is 14.4. The Labute approximate surface area is 574 Å². The predicted octanol–water partition coefficient (Wildman–Crippen LogP) is -7.62. The average molecular weight is 1250 g/mol. The molecule has 8 bridgehead atoms. The van der Waals surface area contributed by atoms with Crippen LogP contribution >= 0.6 is 0 Å². The monoisotopic (exact) mass is 1250 g/mol. The van der Waals surface area contributed by atoms with Crippen LogP contribution < -0.4 is 178 Å². The van der Waals surface area contributed by atoms with Gasteiger partial charge in [0.15, 0.2) is 0 Å². The van der Waals surface area contributed by atoms with Crippen LogP contribution in [0.15, 0.2) is 97.1 Å². The van der Waals surface area contributed by atoms with Crippen molar-refractivity contribution in [1.82, 2.24) is 54.0 Å². The molecule has 0 spiro atoms. The van der Waals surface area contributed by atoms with E-state index in [1.165, 1.54) is 14.1 Å². The van der Waals surface area contributed by atoms with Gasteiger partial charge in [0.05, 0.1) is 41.1 Å². The molecule has 7 aromatic rings. The van der Waals surface area contributed by atoms with E-state index >= 15 is 0 Å². The van der Waals surface area contributed by atoms with Crippen molar-refractivity contribution in [2.75, 3.05) is 55.7 Å². The van der Waals surface area contributed by atoms with Crippen LogP contribution in [0.3, 0.4) is 0 Å². The third-order valence-corrected chi connectivity index (χ3v) is 15.2. The Morgan fingerprint density at radius 1 is 0.459 bits per heavy atom. The van der Waals surface area contributed by atoms with Crippen molar-refractivity contribution in [1.29, 1.82) is 0 Å². The van der Waals surface area contributed by atoms with Gasteiger partial charge in [-0.2, -0.15) is 0 Å². The zero-order valence-corrected chi connectivity index (χ0v) is 57.8. The Kier molecular flexibility index (Phi) is 30.5. The van der Waals surface area contributed by atoms with Crippen LogP contribution in [0, 0.1) is 0 Å². The van der Waals surface area contributed by atoms with Gasteiger partial charge in [0, 0.05) is 68.6 Å². The Hall–Kier alpha value is -0.168. The second kappa shape index (κ2) is 32.3. The van der Waals surface area contributed by atoms with Gasteiger partial charge in [-0.3, -0.25) is 12.6 Å². The van der Waals surface area contributed by atoms with Crippen LogP contribution in [0.2, 0.25) is 0 Å². The summed E-state index contributed by atoms with van der Waals surface area (Å²) in [5, 5.41) is 3.57. The first-order valence-corrected chi connectivity index (χ1v) is 29.1. The van der Waals surface area contributed by atoms with Crippen LogP contribution in [-0.4, -0.2) is 137 Å². The number of sulfonamides is 3. The number of fused-ring (bicyclic) bond motifs is 20. The summed E-state index contributed by atoms with van der Waals surface area (Å²) in [7, 11) is -7.48. The van der Waals surface area contributed by atoms with Gasteiger partial charge in [-0.15, -0.1) is 0 Å². The molecule has 0 fully saturated rings. The maximum atomic E-state index is 10.5. The van der Waals surface area contributed by atoms with E-state index in [1.54, 1.807) is 0 Å². The van der Waals surface area contributed by atoms with Crippen LogP contribution in [0.4, 0.5) is 0 Å². The Balaban J connectivity index is 0.000000458. The third kappa shape index (κ3) is 20.4. The molecule has 23 nitrogen and oxygen atoms in total. The summed E-state index contributed by atoms with van der Waals surface area (Å²) in [6.07, 6.45) is 0.973. The molecule has 3 N–H and O–H groups in total. The van der Waals surface area contributed by atoms with Gasteiger partial charge in [-0.1, -0.05) is 130 Å². The quantitative estimate of drug-likeness (QED) is 0.0755. The summed E-state index contributed by atoms with van der Waals surface area (Å²) in [6.45, 7) is -0.0606. The number of aromatic nitrogens is 8.